The van der Waals surface area contributed by atoms with Gasteiger partial charge in [-0.2, -0.15) is 0 Å². The number of hydrogen-bond donors (Lipinski definition) is 1. The number of rotatable bonds is 4. The predicted octanol–water partition coefficient (Wildman–Crippen LogP) is 0.743. The van der Waals surface area contributed by atoms with Crippen LogP contribution in [-0.4, -0.2) is 48.6 Å². The molecule has 0 saturated carbocycles. The fourth-order valence-electron chi connectivity index (χ4n) is 2.33. The quantitative estimate of drug-likeness (QED) is 0.788. The maximum atomic E-state index is 10.5. The number of carboxylic acids is 1. The second-order valence-electron chi connectivity index (χ2n) is 4.78. The van der Waals surface area contributed by atoms with Crippen molar-refractivity contribution < 1.29 is 28.8 Å². The Balaban J connectivity index is 1.98. The lowest BCUT2D eigenvalue weighted by Crippen LogP contribution is -2.36. The van der Waals surface area contributed by atoms with Crippen LogP contribution in [0.4, 0.5) is 0 Å². The summed E-state index contributed by atoms with van der Waals surface area (Å²) in [6.07, 6.45) is -0.868. The van der Waals surface area contributed by atoms with Gasteiger partial charge < -0.3 is 24.1 Å². The van der Waals surface area contributed by atoms with Crippen LogP contribution in [0.2, 0.25) is 0 Å². The number of carboxylic acid groups (broad SMARTS) is 1. The van der Waals surface area contributed by atoms with Gasteiger partial charge in [-0.25, -0.2) is 0 Å². The minimum Gasteiger partial charge on any atom is -0.481 e. The Morgan fingerprint density at radius 3 is 2.71 bits per heavy atom. The molecule has 4 atom stereocenters. The molecule has 0 aromatic carbocycles. The van der Waals surface area contributed by atoms with E-state index < -0.39 is 18.0 Å². The van der Waals surface area contributed by atoms with E-state index in [4.69, 9.17) is 24.1 Å². The molecule has 0 aromatic heterocycles. The molecule has 1 N–H and O–H groups in total. The van der Waals surface area contributed by atoms with Crippen LogP contribution in [0.5, 0.6) is 0 Å². The summed E-state index contributed by atoms with van der Waals surface area (Å²) >= 11 is 0. The molecule has 0 aromatic rings. The highest BCUT2D eigenvalue weighted by atomic mass is 16.8. The topological polar surface area (TPSA) is 74.2 Å². The molecule has 6 nitrogen and oxygen atoms in total. The first-order chi connectivity index (χ1) is 7.93. The number of ether oxygens (including phenoxy) is 4. The third-order valence-electron chi connectivity index (χ3n) is 3.00. The van der Waals surface area contributed by atoms with Gasteiger partial charge in [-0.3, -0.25) is 4.79 Å². The Hall–Kier alpha value is -0.690. The van der Waals surface area contributed by atoms with Crippen LogP contribution >= 0.6 is 0 Å². The molecule has 2 heterocycles. The third-order valence-corrected chi connectivity index (χ3v) is 3.00. The van der Waals surface area contributed by atoms with E-state index in [2.05, 4.69) is 0 Å². The van der Waals surface area contributed by atoms with Crippen molar-refractivity contribution in [3.8, 4) is 0 Å². The zero-order chi connectivity index (χ0) is 12.6. The van der Waals surface area contributed by atoms with Crippen molar-refractivity contribution >= 4 is 5.97 Å². The fourth-order valence-corrected chi connectivity index (χ4v) is 2.33. The maximum Gasteiger partial charge on any atom is 0.303 e. The standard InChI is InChI=1S/C11H18O6/c1-11(2)16-9-8(14-3)6(4-5-7(12)13)15-10(9)17-11/h6,8-10H,4-5H2,1-3H3,(H,12,13)/t6-,8+,9-,10-/m1/s1. The lowest BCUT2D eigenvalue weighted by molar-refractivity contribution is -0.217. The van der Waals surface area contributed by atoms with Gasteiger partial charge in [0.2, 0.25) is 0 Å². The molecule has 2 rings (SSSR count). The van der Waals surface area contributed by atoms with Crippen LogP contribution in [0.3, 0.4) is 0 Å². The highest BCUT2D eigenvalue weighted by Gasteiger charge is 2.54. The van der Waals surface area contributed by atoms with Crippen LogP contribution in [-0.2, 0) is 23.7 Å². The van der Waals surface area contributed by atoms with Crippen molar-refractivity contribution in [3.63, 3.8) is 0 Å². The van der Waals surface area contributed by atoms with Crippen LogP contribution in [0, 0.1) is 0 Å². The summed E-state index contributed by atoms with van der Waals surface area (Å²) in [6, 6.07) is 0. The Morgan fingerprint density at radius 2 is 2.12 bits per heavy atom. The van der Waals surface area contributed by atoms with Crippen molar-refractivity contribution in [2.24, 2.45) is 0 Å². The second kappa shape index (κ2) is 4.53. The van der Waals surface area contributed by atoms with E-state index in [-0.39, 0.29) is 24.7 Å². The molecule has 0 spiro atoms. The molecule has 0 radical (unpaired) electrons. The first-order valence-electron chi connectivity index (χ1n) is 5.68. The molecule has 0 aliphatic carbocycles. The molecule has 0 unspecified atom stereocenters. The van der Waals surface area contributed by atoms with Crippen molar-refractivity contribution in [2.45, 2.75) is 57.1 Å². The highest BCUT2D eigenvalue weighted by molar-refractivity contribution is 5.66. The summed E-state index contributed by atoms with van der Waals surface area (Å²) in [5, 5.41) is 8.66. The number of fused-ring (bicyclic) bond motifs is 1. The fraction of sp³-hybridized carbons (Fsp3) is 0.909. The summed E-state index contributed by atoms with van der Waals surface area (Å²) in [5.74, 6) is -1.52. The van der Waals surface area contributed by atoms with Crippen molar-refractivity contribution in [3.05, 3.63) is 0 Å². The summed E-state index contributed by atoms with van der Waals surface area (Å²) in [7, 11) is 1.57. The summed E-state index contributed by atoms with van der Waals surface area (Å²) < 4.78 is 22.2. The van der Waals surface area contributed by atoms with Gasteiger partial charge in [0.25, 0.3) is 0 Å². The smallest absolute Gasteiger partial charge is 0.303 e. The Morgan fingerprint density at radius 1 is 1.41 bits per heavy atom. The largest absolute Gasteiger partial charge is 0.481 e. The van der Waals surface area contributed by atoms with Crippen LogP contribution in [0.1, 0.15) is 26.7 Å². The molecule has 2 fully saturated rings. The van der Waals surface area contributed by atoms with E-state index in [0.717, 1.165) is 0 Å². The van der Waals surface area contributed by atoms with Gasteiger partial charge in [-0.15, -0.1) is 0 Å². The number of aliphatic carboxylic acids is 1. The van der Waals surface area contributed by atoms with Crippen LogP contribution < -0.4 is 0 Å². The summed E-state index contributed by atoms with van der Waals surface area (Å²) in [6.45, 7) is 3.63. The maximum absolute atomic E-state index is 10.5. The van der Waals surface area contributed by atoms with Crippen LogP contribution in [0.25, 0.3) is 0 Å². The molecule has 2 saturated heterocycles. The van der Waals surface area contributed by atoms with E-state index in [1.165, 1.54) is 0 Å². The minimum atomic E-state index is -0.845. The molecular weight excluding hydrogens is 228 g/mol. The number of methoxy groups -OCH3 is 1. The first-order valence-corrected chi connectivity index (χ1v) is 5.68. The molecule has 6 heteroatoms. The van der Waals surface area contributed by atoms with E-state index >= 15 is 0 Å². The van der Waals surface area contributed by atoms with Crippen molar-refractivity contribution in [1.29, 1.82) is 0 Å². The summed E-state index contributed by atoms with van der Waals surface area (Å²) in [5.41, 5.74) is 0. The normalized spacial score (nSPS) is 39.2. The molecule has 17 heavy (non-hydrogen) atoms. The molecule has 98 valence electrons. The molecular formula is C11H18O6. The average molecular weight is 246 g/mol. The van der Waals surface area contributed by atoms with Crippen molar-refractivity contribution in [1.82, 2.24) is 0 Å². The van der Waals surface area contributed by atoms with Gasteiger partial charge in [0.15, 0.2) is 12.1 Å². The molecule has 2 aliphatic rings. The van der Waals surface area contributed by atoms with E-state index in [1.807, 2.05) is 13.8 Å². The summed E-state index contributed by atoms with van der Waals surface area (Å²) in [4.78, 5) is 10.5. The van der Waals surface area contributed by atoms with E-state index in [9.17, 15) is 4.79 Å². The lowest BCUT2D eigenvalue weighted by atomic mass is 10.1. The Labute approximate surface area is 99.8 Å². The zero-order valence-corrected chi connectivity index (χ0v) is 10.2. The Kier molecular flexibility index (Phi) is 3.40. The zero-order valence-electron chi connectivity index (χ0n) is 10.2. The first kappa shape index (κ1) is 12.8. The Bertz CT molecular complexity index is 302. The predicted molar refractivity (Wildman–Crippen MR) is 56.4 cm³/mol. The highest BCUT2D eigenvalue weighted by Crippen LogP contribution is 2.39. The average Bonchev–Trinajstić information content (AvgIpc) is 2.65. The monoisotopic (exact) mass is 246 g/mol. The van der Waals surface area contributed by atoms with Gasteiger partial charge in [-0.1, -0.05) is 0 Å². The van der Waals surface area contributed by atoms with Gasteiger partial charge in [0.05, 0.1) is 6.10 Å². The minimum absolute atomic E-state index is 0.0490. The lowest BCUT2D eigenvalue weighted by Gasteiger charge is -2.24. The van der Waals surface area contributed by atoms with Gasteiger partial charge in [0, 0.05) is 13.5 Å². The third kappa shape index (κ3) is 2.60. The van der Waals surface area contributed by atoms with Crippen molar-refractivity contribution in [2.75, 3.05) is 7.11 Å². The SMILES string of the molecule is CO[C@@H]1[C@H]2OC(C)(C)O[C@H]2O[C@@H]1CCC(=O)O. The van der Waals surface area contributed by atoms with E-state index in [0.29, 0.717) is 6.42 Å². The van der Waals surface area contributed by atoms with Gasteiger partial charge in [0.1, 0.15) is 12.2 Å². The second-order valence-corrected chi connectivity index (χ2v) is 4.78. The van der Waals surface area contributed by atoms with E-state index in [1.54, 1.807) is 7.11 Å². The number of hydrogen-bond acceptors (Lipinski definition) is 5. The molecule has 0 bridgehead atoms. The number of carbonyl (C=O) groups is 1. The van der Waals surface area contributed by atoms with Crippen LogP contribution in [0.15, 0.2) is 0 Å². The molecule has 0 amide bonds. The molecule has 2 aliphatic heterocycles. The van der Waals surface area contributed by atoms with Gasteiger partial charge >= 0.3 is 5.97 Å². The van der Waals surface area contributed by atoms with Gasteiger partial charge in [-0.05, 0) is 20.3 Å².